The topological polar surface area (TPSA) is 46.6 Å². The van der Waals surface area contributed by atoms with E-state index in [9.17, 15) is 0 Å². The van der Waals surface area contributed by atoms with Gasteiger partial charge in [0.1, 0.15) is 31.2 Å². The minimum Gasteiger partial charge on any atom is -0.456 e. The Balaban J connectivity index is 0.00000397. The van der Waals surface area contributed by atoms with E-state index in [2.05, 4.69) is 130 Å². The summed E-state index contributed by atoms with van der Waals surface area (Å²) >= 11 is 0. The summed E-state index contributed by atoms with van der Waals surface area (Å²) in [6.45, 7) is 0. The van der Waals surface area contributed by atoms with Crippen molar-refractivity contribution in [3.05, 3.63) is 206 Å². The third kappa shape index (κ3) is 5.11. The van der Waals surface area contributed by atoms with Crippen molar-refractivity contribution in [1.82, 2.24) is 14.4 Å². The van der Waals surface area contributed by atoms with Crippen molar-refractivity contribution in [2.24, 2.45) is 0 Å². The minimum atomic E-state index is -3.24. The van der Waals surface area contributed by atoms with Crippen LogP contribution in [0.15, 0.2) is 187 Å². The Morgan fingerprint density at radius 3 is 2.05 bits per heavy atom. The van der Waals surface area contributed by atoms with E-state index in [1.807, 2.05) is 66.9 Å². The van der Waals surface area contributed by atoms with Gasteiger partial charge in [-0.05, 0) is 41.8 Å². The van der Waals surface area contributed by atoms with E-state index in [1.54, 1.807) is 12.4 Å². The van der Waals surface area contributed by atoms with Gasteiger partial charge < -0.3 is 13.7 Å². The molecule has 59 heavy (non-hydrogen) atoms. The summed E-state index contributed by atoms with van der Waals surface area (Å²) in [6, 6.07) is 63.3. The number of fused-ring (bicyclic) bond motifs is 12. The van der Waals surface area contributed by atoms with Crippen LogP contribution in [0, 0.1) is 12.1 Å². The molecule has 0 saturated heterocycles. The maximum absolute atomic E-state index is 17.5. The predicted octanol–water partition coefficient (Wildman–Crippen LogP) is 9.75. The smallest absolute Gasteiger partial charge is 0.456 e. The van der Waals surface area contributed by atoms with E-state index in [4.69, 9.17) is 9.40 Å². The SMILES string of the molecule is FC(c1[c-]c2c(cc1)[Si](c1ccccc1)(c1ccccc1)c1c(ccc3c1oc1ccccc13)N2c1ccccn1)c1[c-]c2c(cc1)c1ccccc1n1ccnc21.[Pt+2]. The number of alkyl halides is 1. The number of nitrogens with zero attached hydrogens (tertiary/aromatic N) is 4. The number of hydrogen-bond donors (Lipinski definition) is 0. The summed E-state index contributed by atoms with van der Waals surface area (Å²) < 4.78 is 26.5. The fraction of sp³-hybridized carbons (Fsp3) is 0.0196. The van der Waals surface area contributed by atoms with Crippen LogP contribution >= 0.6 is 0 Å². The van der Waals surface area contributed by atoms with E-state index in [-0.39, 0.29) is 21.1 Å². The van der Waals surface area contributed by atoms with Gasteiger partial charge in [-0.3, -0.25) is 4.98 Å². The molecule has 7 aromatic carbocycles. The molecule has 0 saturated carbocycles. The fourth-order valence-electron chi connectivity index (χ4n) is 9.39. The Morgan fingerprint density at radius 1 is 0.593 bits per heavy atom. The molecule has 5 nitrogen and oxygen atoms in total. The van der Waals surface area contributed by atoms with Gasteiger partial charge in [-0.1, -0.05) is 136 Å². The fourth-order valence-corrected chi connectivity index (χ4v) is 14.5. The first-order valence-electron chi connectivity index (χ1n) is 19.4. The maximum Gasteiger partial charge on any atom is 2.00 e. The van der Waals surface area contributed by atoms with Gasteiger partial charge in [0.05, 0.1) is 5.65 Å². The summed E-state index contributed by atoms with van der Waals surface area (Å²) in [5, 5.41) is 9.51. The molecule has 0 bridgehead atoms. The average Bonchev–Trinajstić information content (AvgIpc) is 3.95. The zero-order chi connectivity index (χ0) is 38.4. The average molecular weight is 958 g/mol. The van der Waals surface area contributed by atoms with Crippen molar-refractivity contribution in [3.8, 4) is 0 Å². The molecule has 11 aromatic rings. The van der Waals surface area contributed by atoms with E-state index in [1.165, 1.54) is 10.4 Å². The molecule has 1 unspecified atom stereocenters. The summed E-state index contributed by atoms with van der Waals surface area (Å²) in [6.07, 6.45) is 4.00. The van der Waals surface area contributed by atoms with Crippen LogP contribution in [0.2, 0.25) is 0 Å². The molecule has 1 aliphatic rings. The second kappa shape index (κ2) is 13.7. The quantitative estimate of drug-likeness (QED) is 0.0981. The molecule has 0 radical (unpaired) electrons. The molecular formula is C51H31FN4OPtSi. The molecule has 8 heteroatoms. The van der Waals surface area contributed by atoms with Crippen LogP contribution in [0.1, 0.15) is 17.3 Å². The number of furan rings is 1. The second-order valence-corrected chi connectivity index (χ2v) is 18.5. The van der Waals surface area contributed by atoms with Gasteiger partial charge in [0.25, 0.3) is 0 Å². The van der Waals surface area contributed by atoms with Gasteiger partial charge in [-0.25, -0.2) is 9.37 Å². The Kier molecular flexibility index (Phi) is 8.26. The number of para-hydroxylation sites is 2. The standard InChI is InChI=1S/C51H31FN4OSi.Pt/c52-48(33-22-24-37-38-17-7-9-19-42(38)55-30-29-54-51(55)41(37)31-33)34-23-27-46-44(32-34)56(47-21-11-12-28-53-47)43-26-25-40-39-18-8-10-20-45(39)57-49(40)50(43)58(46,35-13-3-1-4-14-35)36-15-5-2-6-16-36;/h1-30,48H;/q-2;+2. The number of aromatic nitrogens is 3. The Morgan fingerprint density at radius 2 is 1.27 bits per heavy atom. The molecule has 0 aliphatic carbocycles. The van der Waals surface area contributed by atoms with Crippen LogP contribution in [-0.4, -0.2) is 22.4 Å². The molecule has 0 N–H and O–H groups in total. The first-order chi connectivity index (χ1) is 28.7. The van der Waals surface area contributed by atoms with Crippen LogP contribution in [-0.2, 0) is 21.1 Å². The second-order valence-electron chi connectivity index (χ2n) is 14.8. The molecule has 1 atom stereocenters. The van der Waals surface area contributed by atoms with Crippen molar-refractivity contribution in [2.45, 2.75) is 6.17 Å². The van der Waals surface area contributed by atoms with Gasteiger partial charge in [-0.15, -0.1) is 28.9 Å². The maximum atomic E-state index is 17.5. The first kappa shape index (κ1) is 35.5. The van der Waals surface area contributed by atoms with Gasteiger partial charge in [0, 0.05) is 45.8 Å². The van der Waals surface area contributed by atoms with E-state index >= 15 is 4.39 Å². The number of halogens is 1. The summed E-state index contributed by atoms with van der Waals surface area (Å²) in [5.74, 6) is 0.707. The summed E-state index contributed by atoms with van der Waals surface area (Å²) in [5.41, 5.74) is 6.00. The van der Waals surface area contributed by atoms with Crippen LogP contribution in [0.4, 0.5) is 21.6 Å². The third-order valence-corrected chi connectivity index (χ3v) is 16.7. The van der Waals surface area contributed by atoms with Gasteiger partial charge >= 0.3 is 21.1 Å². The number of pyridine rings is 2. The Labute approximate surface area is 354 Å². The van der Waals surface area contributed by atoms with E-state index in [0.29, 0.717) is 16.9 Å². The Hall–Kier alpha value is -6.66. The molecule has 4 aromatic heterocycles. The molecule has 1 aliphatic heterocycles. The van der Waals surface area contributed by atoms with Gasteiger partial charge in [-0.2, -0.15) is 18.2 Å². The van der Waals surface area contributed by atoms with Crippen molar-refractivity contribution in [3.63, 3.8) is 0 Å². The monoisotopic (exact) mass is 957 g/mol. The summed E-state index contributed by atoms with van der Waals surface area (Å²) in [4.78, 5) is 11.7. The Bertz CT molecular complexity index is 3350. The summed E-state index contributed by atoms with van der Waals surface area (Å²) in [7, 11) is -3.24. The number of benzene rings is 7. The van der Waals surface area contributed by atoms with Crippen molar-refractivity contribution in [1.29, 1.82) is 0 Å². The largest absolute Gasteiger partial charge is 2.00 e. The zero-order valence-corrected chi connectivity index (χ0v) is 34.6. The van der Waals surface area contributed by atoms with Gasteiger partial charge in [0.2, 0.25) is 0 Å². The molecular weight excluding hydrogens is 927 g/mol. The molecule has 0 amide bonds. The van der Waals surface area contributed by atoms with Crippen molar-refractivity contribution < 1.29 is 29.9 Å². The minimum absolute atomic E-state index is 0. The normalized spacial score (nSPS) is 13.7. The molecule has 282 valence electrons. The molecule has 0 spiro atoms. The third-order valence-electron chi connectivity index (χ3n) is 11.8. The predicted molar refractivity (Wildman–Crippen MR) is 234 cm³/mol. The van der Waals surface area contributed by atoms with Gasteiger partial charge in [0.15, 0.2) is 0 Å². The van der Waals surface area contributed by atoms with Crippen LogP contribution in [0.5, 0.6) is 0 Å². The molecule has 5 heterocycles. The van der Waals surface area contributed by atoms with Crippen LogP contribution in [0.3, 0.4) is 0 Å². The number of hydrogen-bond acceptors (Lipinski definition) is 4. The zero-order valence-electron chi connectivity index (χ0n) is 31.3. The van der Waals surface area contributed by atoms with Crippen LogP contribution in [0.25, 0.3) is 49.3 Å². The van der Waals surface area contributed by atoms with Crippen molar-refractivity contribution in [2.75, 3.05) is 4.90 Å². The van der Waals surface area contributed by atoms with E-state index in [0.717, 1.165) is 71.0 Å². The van der Waals surface area contributed by atoms with Crippen molar-refractivity contribution >= 4 is 95.3 Å². The first-order valence-corrected chi connectivity index (χ1v) is 21.4. The van der Waals surface area contributed by atoms with Crippen LogP contribution < -0.4 is 25.6 Å². The number of anilines is 3. The van der Waals surface area contributed by atoms with E-state index < -0.39 is 14.2 Å². The molecule has 12 rings (SSSR count). The number of imidazole rings is 1. The number of rotatable bonds is 5. The molecule has 0 fully saturated rings.